The number of halogens is 5. The minimum Gasteiger partial charge on any atom is -0.376 e. The molecule has 14 rings (SSSR count). The molecule has 1 atom stereocenters. The van der Waals surface area contributed by atoms with Crippen LogP contribution in [-0.2, 0) is 19.7 Å². The van der Waals surface area contributed by atoms with Gasteiger partial charge < -0.3 is 14.2 Å². The molecule has 0 saturated carbocycles. The Labute approximate surface area is 464 Å². The summed E-state index contributed by atoms with van der Waals surface area (Å²) in [5, 5.41) is 17.6. The predicted molar refractivity (Wildman–Crippen MR) is 320 cm³/mol. The number of nitrogens with zero attached hydrogens (tertiary/aromatic N) is 2. The molecule has 2 aliphatic carbocycles. The number of fused-ring (bicyclic) bond motifs is 14. The highest BCUT2D eigenvalue weighted by atomic mass is 79.9. The molecule has 0 aliphatic heterocycles. The van der Waals surface area contributed by atoms with Crippen LogP contribution in [0.2, 0.25) is 0 Å². The predicted octanol–water partition coefficient (Wildman–Crippen LogP) is 19.0. The highest BCUT2D eigenvalue weighted by molar-refractivity contribution is 9.11. The molecule has 0 fully saturated rings. The van der Waals surface area contributed by atoms with Crippen molar-refractivity contribution in [3.63, 3.8) is 0 Å². The van der Waals surface area contributed by atoms with Crippen LogP contribution in [0.15, 0.2) is 229 Å². The van der Waals surface area contributed by atoms with Crippen LogP contribution in [0.3, 0.4) is 0 Å². The topological polar surface area (TPSA) is 47.2 Å². The van der Waals surface area contributed by atoms with Crippen LogP contribution in [0.4, 0.5) is 0 Å². The highest BCUT2D eigenvalue weighted by Gasteiger charge is 2.46. The Morgan fingerprint density at radius 1 is 0.384 bits per heavy atom. The maximum atomic E-state index is 12.9. The van der Waals surface area contributed by atoms with Gasteiger partial charge in [0.2, 0.25) is 0 Å². The minimum absolute atomic E-state index is 0.0943. The van der Waals surface area contributed by atoms with E-state index in [4.69, 9.17) is 0 Å². The van der Waals surface area contributed by atoms with Gasteiger partial charge in [-0.1, -0.05) is 199 Å². The molecular formula is C64H41Br5N2O2. The van der Waals surface area contributed by atoms with Crippen LogP contribution < -0.4 is 0 Å². The molecule has 9 heteroatoms. The summed E-state index contributed by atoms with van der Waals surface area (Å²) in [6.07, 6.45) is 0. The number of benzene rings is 10. The van der Waals surface area contributed by atoms with E-state index in [0.29, 0.717) is 0 Å². The summed E-state index contributed by atoms with van der Waals surface area (Å²) in [7, 11) is 4.18. The first-order valence-corrected chi connectivity index (χ1v) is 27.6. The van der Waals surface area contributed by atoms with E-state index in [0.717, 1.165) is 105 Å². The lowest BCUT2D eigenvalue weighted by Gasteiger charge is -2.29. The van der Waals surface area contributed by atoms with Crippen molar-refractivity contribution in [3.05, 3.63) is 256 Å². The lowest BCUT2D eigenvalue weighted by molar-refractivity contribution is 0.104. The quantitative estimate of drug-likeness (QED) is 0.192. The Bertz CT molecular complexity index is 4220. The van der Waals surface area contributed by atoms with Crippen LogP contribution in [0.1, 0.15) is 32.6 Å². The van der Waals surface area contributed by atoms with E-state index in [2.05, 4.69) is 224 Å². The van der Waals surface area contributed by atoms with Crippen molar-refractivity contribution in [2.45, 2.75) is 5.60 Å². The van der Waals surface area contributed by atoms with Crippen LogP contribution >= 0.6 is 79.6 Å². The van der Waals surface area contributed by atoms with Crippen molar-refractivity contribution in [3.8, 4) is 44.5 Å². The van der Waals surface area contributed by atoms with E-state index in [9.17, 15) is 9.90 Å². The smallest absolute Gasteiger partial charge is 0.194 e. The molecule has 2 aromatic heterocycles. The first-order valence-electron chi connectivity index (χ1n) is 23.7. The lowest BCUT2D eigenvalue weighted by Crippen LogP contribution is -2.27. The van der Waals surface area contributed by atoms with Crippen molar-refractivity contribution in [1.29, 1.82) is 0 Å². The van der Waals surface area contributed by atoms with Crippen molar-refractivity contribution < 1.29 is 9.90 Å². The maximum Gasteiger partial charge on any atom is 0.194 e. The second-order valence-electron chi connectivity index (χ2n) is 18.3. The first-order chi connectivity index (χ1) is 35.4. The molecule has 10 aromatic carbocycles. The fourth-order valence-electron chi connectivity index (χ4n) is 11.2. The third-order valence-electron chi connectivity index (χ3n) is 14.4. The van der Waals surface area contributed by atoms with Gasteiger partial charge in [0.15, 0.2) is 5.78 Å². The van der Waals surface area contributed by atoms with Crippen LogP contribution in [0.25, 0.3) is 88.1 Å². The van der Waals surface area contributed by atoms with Gasteiger partial charge in [-0.15, -0.1) is 0 Å². The Balaban J connectivity index is 0.000000125. The van der Waals surface area contributed by atoms with Gasteiger partial charge in [-0.25, -0.2) is 0 Å². The second-order valence-corrected chi connectivity index (χ2v) is 22.7. The number of carbonyl (C=O) groups is 1. The second kappa shape index (κ2) is 19.0. The molecular weight excluding hydrogens is 1230 g/mol. The number of aliphatic hydroxyl groups is 1. The molecule has 0 saturated heterocycles. The van der Waals surface area contributed by atoms with E-state index in [1.807, 2.05) is 84.9 Å². The third kappa shape index (κ3) is 7.77. The molecule has 2 heterocycles. The molecule has 12 aromatic rings. The van der Waals surface area contributed by atoms with Gasteiger partial charge in [-0.2, -0.15) is 0 Å². The summed E-state index contributed by atoms with van der Waals surface area (Å²) in [5.74, 6) is 0.0943. The number of hydrogen-bond acceptors (Lipinski definition) is 2. The average molecular weight is 1270 g/mol. The van der Waals surface area contributed by atoms with Crippen molar-refractivity contribution in [1.82, 2.24) is 9.13 Å². The number of aryl methyl sites for hydroxylation is 2. The summed E-state index contributed by atoms with van der Waals surface area (Å²) >= 11 is 18.3. The number of carbonyl (C=O) groups excluding carboxylic acids is 1. The normalized spacial score (nSPS) is 14.1. The summed E-state index contributed by atoms with van der Waals surface area (Å²) in [6, 6.07) is 70.3. The van der Waals surface area contributed by atoms with Gasteiger partial charge >= 0.3 is 0 Å². The van der Waals surface area contributed by atoms with Crippen LogP contribution in [0.5, 0.6) is 0 Å². The van der Waals surface area contributed by atoms with E-state index in [-0.39, 0.29) is 5.78 Å². The van der Waals surface area contributed by atoms with Gasteiger partial charge in [0, 0.05) is 102 Å². The zero-order chi connectivity index (χ0) is 50.3. The zero-order valence-corrected chi connectivity index (χ0v) is 47.2. The summed E-state index contributed by atoms with van der Waals surface area (Å²) in [4.78, 5) is 12.9. The van der Waals surface area contributed by atoms with Crippen molar-refractivity contribution in [2.75, 3.05) is 0 Å². The lowest BCUT2D eigenvalue weighted by atomic mass is 9.80. The minimum atomic E-state index is -1.32. The standard InChI is InChI=1S/C32H21Br2NO.C20H11Br2NO.C12H9Br/c1-35-28-14-8-6-12-23(28)30-29-22-16-15-20(33)17-25(22)32(36,26(29)18-27(34)31(30)35)24-13-7-5-11-21(24)19-9-3-2-4-10-19;1-23-16-5-3-2-4-12(16)18-17-11-7-6-10(21)8-13(11)20(24)14(17)9-15(22)19(18)23;13-12-9-5-4-8-11(12)10-6-2-1-3-7-10/h2-18,36H,1H3;2-9H,1H3;1-9H. The maximum absolute atomic E-state index is 12.9. The van der Waals surface area contributed by atoms with Gasteiger partial charge in [-0.3, -0.25) is 4.79 Å². The fourth-order valence-corrected chi connectivity index (χ4v) is 13.8. The fraction of sp³-hybridized carbons (Fsp3) is 0.0469. The Kier molecular flexibility index (Phi) is 12.4. The zero-order valence-electron chi connectivity index (χ0n) is 39.3. The number of para-hydroxylation sites is 2. The van der Waals surface area contributed by atoms with Crippen LogP contribution in [0, 0.1) is 0 Å². The summed E-state index contributed by atoms with van der Waals surface area (Å²) in [5.41, 5.74) is 16.3. The van der Waals surface area contributed by atoms with E-state index >= 15 is 0 Å². The molecule has 0 spiro atoms. The molecule has 1 unspecified atom stereocenters. The first kappa shape index (κ1) is 47.8. The summed E-state index contributed by atoms with van der Waals surface area (Å²) in [6.45, 7) is 0. The third-order valence-corrected chi connectivity index (χ3v) is 17.3. The van der Waals surface area contributed by atoms with E-state index < -0.39 is 5.60 Å². The van der Waals surface area contributed by atoms with Gasteiger partial charge in [0.25, 0.3) is 0 Å². The monoisotopic (exact) mass is 1260 g/mol. The molecule has 0 amide bonds. The SMILES string of the molecule is Brc1ccccc1-c1ccccc1.Cn1c2ccccc2c2c3c(cc(Br)c21)C(=O)c1cc(Br)ccc1-3.Cn1c2ccccc2c2c3c(cc(Br)c21)C(O)(c1ccccc1-c1ccccc1)c1cc(Br)ccc1-3. The summed E-state index contributed by atoms with van der Waals surface area (Å²) < 4.78 is 9.36. The van der Waals surface area contributed by atoms with Crippen molar-refractivity contribution in [2.24, 2.45) is 14.1 Å². The number of ketones is 1. The molecule has 0 radical (unpaired) electrons. The average Bonchev–Trinajstić information content (AvgIpc) is 4.07. The molecule has 4 nitrogen and oxygen atoms in total. The highest BCUT2D eigenvalue weighted by Crippen LogP contribution is 2.58. The Morgan fingerprint density at radius 3 is 1.51 bits per heavy atom. The van der Waals surface area contributed by atoms with E-state index in [1.165, 1.54) is 32.9 Å². The van der Waals surface area contributed by atoms with Crippen molar-refractivity contribution >= 4 is 129 Å². The number of aromatic nitrogens is 2. The largest absolute Gasteiger partial charge is 0.376 e. The Hall–Kier alpha value is -6.17. The molecule has 354 valence electrons. The molecule has 2 aliphatic rings. The Morgan fingerprint density at radius 2 is 0.877 bits per heavy atom. The number of rotatable bonds is 3. The van der Waals surface area contributed by atoms with Gasteiger partial charge in [0.05, 0.1) is 11.0 Å². The molecule has 73 heavy (non-hydrogen) atoms. The van der Waals surface area contributed by atoms with Crippen LogP contribution in [-0.4, -0.2) is 20.0 Å². The molecule has 1 N–H and O–H groups in total. The number of hydrogen-bond donors (Lipinski definition) is 1. The van der Waals surface area contributed by atoms with E-state index in [1.54, 1.807) is 0 Å². The molecule has 0 bridgehead atoms. The van der Waals surface area contributed by atoms with Gasteiger partial charge in [-0.05, 0) is 125 Å². The van der Waals surface area contributed by atoms with Gasteiger partial charge in [0.1, 0.15) is 5.60 Å².